The van der Waals surface area contributed by atoms with Gasteiger partial charge in [-0.05, 0) is 25.8 Å². The van der Waals surface area contributed by atoms with E-state index in [0.717, 1.165) is 19.3 Å². The van der Waals surface area contributed by atoms with Crippen molar-refractivity contribution >= 4 is 0 Å². The molecule has 14 heavy (non-hydrogen) atoms. The summed E-state index contributed by atoms with van der Waals surface area (Å²) in [5, 5.41) is 3.42. The van der Waals surface area contributed by atoms with Crippen LogP contribution < -0.4 is 5.32 Å². The monoisotopic (exact) mass is 196 g/mol. The average Bonchev–Trinajstić information content (AvgIpc) is 2.63. The topological polar surface area (TPSA) is 24.5 Å². The number of nitrogens with zero attached hydrogens (tertiary/aromatic N) is 1. The molecule has 0 saturated carbocycles. The Labute approximate surface area is 85.8 Å². The van der Waals surface area contributed by atoms with E-state index in [9.17, 15) is 0 Å². The molecule has 3 saturated heterocycles. The van der Waals surface area contributed by atoms with Crippen LogP contribution in [-0.2, 0) is 4.74 Å². The molecule has 3 fully saturated rings. The predicted molar refractivity (Wildman–Crippen MR) is 55.3 cm³/mol. The predicted octanol–water partition coefficient (Wildman–Crippen LogP) is 0.461. The fourth-order valence-corrected chi connectivity index (χ4v) is 3.10. The van der Waals surface area contributed by atoms with Crippen molar-refractivity contribution in [2.24, 2.45) is 5.41 Å². The van der Waals surface area contributed by atoms with Gasteiger partial charge in [0.25, 0.3) is 0 Å². The molecule has 3 aliphatic rings. The van der Waals surface area contributed by atoms with Gasteiger partial charge in [-0.15, -0.1) is 0 Å². The molecule has 3 rings (SSSR count). The molecule has 3 nitrogen and oxygen atoms in total. The van der Waals surface area contributed by atoms with E-state index in [1.165, 1.54) is 45.4 Å². The first-order valence-corrected chi connectivity index (χ1v) is 5.91. The van der Waals surface area contributed by atoms with E-state index < -0.39 is 0 Å². The summed E-state index contributed by atoms with van der Waals surface area (Å²) < 4.78 is 5.41. The Balaban J connectivity index is 1.58. The van der Waals surface area contributed by atoms with Crippen LogP contribution in [0.15, 0.2) is 0 Å². The molecule has 0 aromatic heterocycles. The smallest absolute Gasteiger partial charge is 0.0480 e. The van der Waals surface area contributed by atoms with Gasteiger partial charge in [-0.1, -0.05) is 0 Å². The SMILES string of the molecule is C1CC(N2CCC3(CNC3)C2)CCO1. The van der Waals surface area contributed by atoms with Gasteiger partial charge in [0.05, 0.1) is 0 Å². The van der Waals surface area contributed by atoms with Crippen molar-refractivity contribution in [3.8, 4) is 0 Å². The van der Waals surface area contributed by atoms with Crippen LogP contribution in [0.1, 0.15) is 19.3 Å². The zero-order valence-corrected chi connectivity index (χ0v) is 8.80. The minimum atomic E-state index is 0.665. The normalized spacial score (nSPS) is 33.4. The summed E-state index contributed by atoms with van der Waals surface area (Å²) in [5.41, 5.74) is 0.665. The maximum absolute atomic E-state index is 5.41. The van der Waals surface area contributed by atoms with Gasteiger partial charge in [0.15, 0.2) is 0 Å². The molecule has 0 aromatic rings. The standard InChI is InChI=1S/C11H20N2O/c1-5-14-6-2-10(1)13-4-3-11(9-13)7-12-8-11/h10,12H,1-9H2. The molecule has 0 radical (unpaired) electrons. The summed E-state index contributed by atoms with van der Waals surface area (Å²) in [7, 11) is 0. The fourth-order valence-electron chi connectivity index (χ4n) is 3.10. The highest BCUT2D eigenvalue weighted by Crippen LogP contribution is 2.36. The van der Waals surface area contributed by atoms with Crippen LogP contribution in [0.4, 0.5) is 0 Å². The van der Waals surface area contributed by atoms with Crippen LogP contribution >= 0.6 is 0 Å². The molecular weight excluding hydrogens is 176 g/mol. The van der Waals surface area contributed by atoms with Gasteiger partial charge < -0.3 is 10.1 Å². The lowest BCUT2D eigenvalue weighted by Gasteiger charge is -2.40. The van der Waals surface area contributed by atoms with Crippen LogP contribution in [0.5, 0.6) is 0 Å². The maximum atomic E-state index is 5.41. The number of likely N-dealkylation sites (tertiary alicyclic amines) is 1. The van der Waals surface area contributed by atoms with Crippen molar-refractivity contribution in [1.29, 1.82) is 0 Å². The Morgan fingerprint density at radius 2 is 2.00 bits per heavy atom. The number of nitrogens with one attached hydrogen (secondary N) is 1. The van der Waals surface area contributed by atoms with Crippen molar-refractivity contribution in [2.75, 3.05) is 39.4 Å². The Morgan fingerprint density at radius 3 is 2.57 bits per heavy atom. The van der Waals surface area contributed by atoms with Gasteiger partial charge >= 0.3 is 0 Å². The minimum Gasteiger partial charge on any atom is -0.381 e. The molecule has 0 atom stereocenters. The van der Waals surface area contributed by atoms with E-state index in [0.29, 0.717) is 5.41 Å². The molecular formula is C11H20N2O. The summed E-state index contributed by atoms with van der Waals surface area (Å²) in [6, 6.07) is 0.823. The first-order chi connectivity index (χ1) is 6.88. The highest BCUT2D eigenvalue weighted by Gasteiger charge is 2.44. The minimum absolute atomic E-state index is 0.665. The molecule has 1 spiro atoms. The van der Waals surface area contributed by atoms with Crippen molar-refractivity contribution in [3.05, 3.63) is 0 Å². The van der Waals surface area contributed by atoms with Gasteiger partial charge in [0.2, 0.25) is 0 Å². The molecule has 80 valence electrons. The van der Waals surface area contributed by atoms with Gasteiger partial charge in [0, 0.05) is 44.3 Å². The van der Waals surface area contributed by atoms with E-state index in [2.05, 4.69) is 10.2 Å². The van der Waals surface area contributed by atoms with Crippen molar-refractivity contribution in [1.82, 2.24) is 10.2 Å². The number of hydrogen-bond donors (Lipinski definition) is 1. The highest BCUT2D eigenvalue weighted by atomic mass is 16.5. The van der Waals surface area contributed by atoms with Crippen molar-refractivity contribution in [3.63, 3.8) is 0 Å². The van der Waals surface area contributed by atoms with Crippen LogP contribution in [0.2, 0.25) is 0 Å². The molecule has 3 aliphatic heterocycles. The molecule has 0 unspecified atom stereocenters. The first kappa shape index (κ1) is 9.13. The second-order valence-electron chi connectivity index (χ2n) is 5.17. The van der Waals surface area contributed by atoms with Crippen molar-refractivity contribution in [2.45, 2.75) is 25.3 Å². The van der Waals surface area contributed by atoms with E-state index in [-0.39, 0.29) is 0 Å². The van der Waals surface area contributed by atoms with Crippen LogP contribution in [0.25, 0.3) is 0 Å². The van der Waals surface area contributed by atoms with Gasteiger partial charge in [0.1, 0.15) is 0 Å². The molecule has 0 aliphatic carbocycles. The number of hydrogen-bond acceptors (Lipinski definition) is 3. The summed E-state index contributed by atoms with van der Waals surface area (Å²) in [5.74, 6) is 0. The first-order valence-electron chi connectivity index (χ1n) is 5.91. The molecule has 3 heteroatoms. The van der Waals surface area contributed by atoms with Crippen LogP contribution in [0, 0.1) is 5.41 Å². The summed E-state index contributed by atoms with van der Waals surface area (Å²) in [6.45, 7) is 7.13. The summed E-state index contributed by atoms with van der Waals surface area (Å²) in [4.78, 5) is 2.71. The summed E-state index contributed by atoms with van der Waals surface area (Å²) >= 11 is 0. The second-order valence-corrected chi connectivity index (χ2v) is 5.17. The van der Waals surface area contributed by atoms with Crippen molar-refractivity contribution < 1.29 is 4.74 Å². The third kappa shape index (κ3) is 1.47. The largest absolute Gasteiger partial charge is 0.381 e. The third-order valence-electron chi connectivity index (χ3n) is 4.18. The fraction of sp³-hybridized carbons (Fsp3) is 1.00. The third-order valence-corrected chi connectivity index (χ3v) is 4.18. The van der Waals surface area contributed by atoms with Gasteiger partial charge in [-0.25, -0.2) is 0 Å². The van der Waals surface area contributed by atoms with Gasteiger partial charge in [-0.2, -0.15) is 0 Å². The molecule has 0 amide bonds. The Bertz CT molecular complexity index is 209. The summed E-state index contributed by atoms with van der Waals surface area (Å²) in [6.07, 6.45) is 3.92. The Hall–Kier alpha value is -0.120. The molecule has 0 aromatic carbocycles. The lowest BCUT2D eigenvalue weighted by Crippen LogP contribution is -2.55. The Morgan fingerprint density at radius 1 is 1.21 bits per heavy atom. The second kappa shape index (κ2) is 3.47. The van der Waals surface area contributed by atoms with E-state index in [4.69, 9.17) is 4.74 Å². The van der Waals surface area contributed by atoms with Crippen LogP contribution in [-0.4, -0.2) is 50.3 Å². The maximum Gasteiger partial charge on any atom is 0.0480 e. The highest BCUT2D eigenvalue weighted by molar-refractivity contribution is 5.00. The van der Waals surface area contributed by atoms with E-state index in [1.807, 2.05) is 0 Å². The molecule has 3 heterocycles. The van der Waals surface area contributed by atoms with E-state index in [1.54, 1.807) is 0 Å². The Kier molecular flexibility index (Phi) is 2.26. The lowest BCUT2D eigenvalue weighted by molar-refractivity contribution is 0.0352. The zero-order chi connectivity index (χ0) is 9.43. The molecule has 1 N–H and O–H groups in total. The average molecular weight is 196 g/mol. The lowest BCUT2D eigenvalue weighted by atomic mass is 9.81. The van der Waals surface area contributed by atoms with E-state index >= 15 is 0 Å². The zero-order valence-electron chi connectivity index (χ0n) is 8.80. The number of rotatable bonds is 1. The molecule has 0 bridgehead atoms. The van der Waals surface area contributed by atoms with Gasteiger partial charge in [-0.3, -0.25) is 4.90 Å². The van der Waals surface area contributed by atoms with Crippen LogP contribution in [0.3, 0.4) is 0 Å². The number of ether oxygens (including phenoxy) is 1. The quantitative estimate of drug-likeness (QED) is 0.659.